The Morgan fingerprint density at radius 2 is 2.33 bits per heavy atom. The zero-order valence-corrected chi connectivity index (χ0v) is 9.90. The number of nitrogens with one attached hydrogen (secondary N) is 1. The summed E-state index contributed by atoms with van der Waals surface area (Å²) in [6.45, 7) is 0. The molecule has 1 N–H and O–H groups in total. The van der Waals surface area contributed by atoms with Crippen LogP contribution < -0.4 is 56.9 Å². The van der Waals surface area contributed by atoms with Crippen molar-refractivity contribution in [2.75, 3.05) is 0 Å². The van der Waals surface area contributed by atoms with Gasteiger partial charge in [0.2, 0.25) is 5.91 Å². The van der Waals surface area contributed by atoms with E-state index in [0.717, 1.165) is 0 Å². The molecular formula is C7H7KN2O2. The number of carbonyl (C=O) groups is 1. The van der Waals surface area contributed by atoms with Crippen LogP contribution >= 0.6 is 0 Å². The van der Waals surface area contributed by atoms with Crippen LogP contribution in [-0.2, 0) is 11.2 Å². The van der Waals surface area contributed by atoms with E-state index < -0.39 is 5.91 Å². The largest absolute Gasteiger partial charge is 1.00 e. The zero-order valence-electron chi connectivity index (χ0n) is 6.78. The monoisotopic (exact) mass is 190 g/mol. The third kappa shape index (κ3) is 4.29. The predicted octanol–water partition coefficient (Wildman–Crippen LogP) is -2.76. The Hall–Kier alpha value is 0.216. The van der Waals surface area contributed by atoms with Gasteiger partial charge >= 0.3 is 51.4 Å². The summed E-state index contributed by atoms with van der Waals surface area (Å²) in [7, 11) is 0. The molecule has 0 fully saturated rings. The number of rotatable bonds is 2. The van der Waals surface area contributed by atoms with Crippen LogP contribution in [0.3, 0.4) is 0 Å². The van der Waals surface area contributed by atoms with Crippen LogP contribution in [0, 0.1) is 5.21 Å². The second-order valence-electron chi connectivity index (χ2n) is 2.02. The molecule has 12 heavy (non-hydrogen) atoms. The smallest absolute Gasteiger partial charge is 0.759 e. The third-order valence-electron chi connectivity index (χ3n) is 1.18. The van der Waals surface area contributed by atoms with Crippen LogP contribution in [0.2, 0.25) is 0 Å². The molecular weight excluding hydrogens is 183 g/mol. The van der Waals surface area contributed by atoms with E-state index in [9.17, 15) is 10.0 Å². The van der Waals surface area contributed by atoms with Gasteiger partial charge in [-0.3, -0.25) is 9.78 Å². The Labute approximate surface area is 113 Å². The molecule has 1 amide bonds. The van der Waals surface area contributed by atoms with Crippen molar-refractivity contribution >= 4 is 5.91 Å². The van der Waals surface area contributed by atoms with Crippen LogP contribution in [0.5, 0.6) is 0 Å². The molecule has 0 aromatic carbocycles. The molecule has 0 aliphatic carbocycles. The second kappa shape index (κ2) is 6.70. The zero-order chi connectivity index (χ0) is 8.10. The number of hydroxylamine groups is 1. The van der Waals surface area contributed by atoms with E-state index in [1.54, 1.807) is 24.4 Å². The van der Waals surface area contributed by atoms with Crippen molar-refractivity contribution in [3.63, 3.8) is 0 Å². The minimum Gasteiger partial charge on any atom is -0.759 e. The molecule has 0 atom stereocenters. The number of carbonyl (C=O) groups excluding carboxylic acids is 1. The number of hydrogen-bond acceptors (Lipinski definition) is 3. The van der Waals surface area contributed by atoms with Gasteiger partial charge in [0, 0.05) is 11.9 Å². The number of nitrogens with zero attached hydrogens (tertiary/aromatic N) is 1. The Morgan fingerprint density at radius 1 is 1.58 bits per heavy atom. The van der Waals surface area contributed by atoms with E-state index in [2.05, 4.69) is 4.98 Å². The van der Waals surface area contributed by atoms with Gasteiger partial charge in [0.15, 0.2) is 0 Å². The van der Waals surface area contributed by atoms with E-state index in [4.69, 9.17) is 0 Å². The first-order valence-corrected chi connectivity index (χ1v) is 3.14. The Balaban J connectivity index is 0.00000121. The molecule has 5 heteroatoms. The van der Waals surface area contributed by atoms with Crippen molar-refractivity contribution in [3.8, 4) is 0 Å². The van der Waals surface area contributed by atoms with Crippen LogP contribution in [0.15, 0.2) is 24.4 Å². The fraction of sp³-hybridized carbons (Fsp3) is 0.143. The standard InChI is InChI=1S/C7H7N2O2.K/c10-7(9-11)5-6-3-1-2-4-8-6;/h1-4H,5H2,(H-,9,10,11);/q-1;+1. The quantitative estimate of drug-likeness (QED) is 0.406. The van der Waals surface area contributed by atoms with Gasteiger partial charge < -0.3 is 10.7 Å². The van der Waals surface area contributed by atoms with Crippen LogP contribution in [-0.4, -0.2) is 10.9 Å². The Morgan fingerprint density at radius 3 is 2.83 bits per heavy atom. The van der Waals surface area contributed by atoms with Crippen LogP contribution in [0.1, 0.15) is 5.69 Å². The fourth-order valence-electron chi connectivity index (χ4n) is 0.703. The molecule has 1 rings (SSSR count). The van der Waals surface area contributed by atoms with Crippen molar-refractivity contribution < 1.29 is 56.2 Å². The van der Waals surface area contributed by atoms with Crippen LogP contribution in [0.4, 0.5) is 0 Å². The van der Waals surface area contributed by atoms with Gasteiger partial charge in [0.05, 0.1) is 6.42 Å². The van der Waals surface area contributed by atoms with Crippen molar-refractivity contribution in [2.24, 2.45) is 0 Å². The number of aromatic nitrogens is 1. The van der Waals surface area contributed by atoms with Crippen molar-refractivity contribution in [1.82, 2.24) is 10.5 Å². The molecule has 0 aliphatic heterocycles. The van der Waals surface area contributed by atoms with Gasteiger partial charge in [0.25, 0.3) is 0 Å². The van der Waals surface area contributed by atoms with E-state index in [-0.39, 0.29) is 57.8 Å². The second-order valence-corrected chi connectivity index (χ2v) is 2.02. The van der Waals surface area contributed by atoms with Crippen molar-refractivity contribution in [1.29, 1.82) is 0 Å². The topological polar surface area (TPSA) is 65.0 Å². The van der Waals surface area contributed by atoms with Gasteiger partial charge in [-0.15, -0.1) is 0 Å². The minimum absolute atomic E-state index is 0. The average Bonchev–Trinajstić information content (AvgIpc) is 2.06. The number of hydrogen-bond donors (Lipinski definition) is 1. The Bertz CT molecular complexity index is 240. The van der Waals surface area contributed by atoms with Gasteiger partial charge in [-0.25, -0.2) is 0 Å². The molecule has 0 aliphatic rings. The van der Waals surface area contributed by atoms with Crippen LogP contribution in [0.25, 0.3) is 0 Å². The molecule has 0 saturated heterocycles. The van der Waals surface area contributed by atoms with Crippen molar-refractivity contribution in [2.45, 2.75) is 6.42 Å². The molecule has 0 unspecified atom stereocenters. The maximum Gasteiger partial charge on any atom is 1.00 e. The summed E-state index contributed by atoms with van der Waals surface area (Å²) in [4.78, 5) is 14.4. The predicted molar refractivity (Wildman–Crippen MR) is 39.5 cm³/mol. The van der Waals surface area contributed by atoms with E-state index in [1.165, 1.54) is 5.48 Å². The molecule has 0 radical (unpaired) electrons. The van der Waals surface area contributed by atoms with E-state index in [1.807, 2.05) is 0 Å². The number of amides is 1. The van der Waals surface area contributed by atoms with Gasteiger partial charge in [-0.1, -0.05) is 6.07 Å². The molecule has 0 saturated carbocycles. The molecule has 1 aromatic rings. The first-order chi connectivity index (χ1) is 5.33. The molecule has 58 valence electrons. The molecule has 1 aromatic heterocycles. The maximum atomic E-state index is 10.5. The minimum atomic E-state index is -0.566. The first kappa shape index (κ1) is 12.2. The fourth-order valence-corrected chi connectivity index (χ4v) is 0.703. The normalized spacial score (nSPS) is 8.42. The summed E-state index contributed by atoms with van der Waals surface area (Å²) in [5.74, 6) is -0.566. The summed E-state index contributed by atoms with van der Waals surface area (Å²) in [5.41, 5.74) is 1.88. The van der Waals surface area contributed by atoms with Gasteiger partial charge in [0.1, 0.15) is 0 Å². The Kier molecular flexibility index (Phi) is 6.82. The number of pyridine rings is 1. The molecule has 0 bridgehead atoms. The van der Waals surface area contributed by atoms with E-state index in [0.29, 0.717) is 5.69 Å². The SMILES string of the molecule is O=C(Cc1ccccn1)N[O-].[K+]. The molecule has 1 heterocycles. The average molecular weight is 190 g/mol. The molecule has 0 spiro atoms. The van der Waals surface area contributed by atoms with Gasteiger partial charge in [-0.2, -0.15) is 0 Å². The van der Waals surface area contributed by atoms with Crippen molar-refractivity contribution in [3.05, 3.63) is 35.3 Å². The first-order valence-electron chi connectivity index (χ1n) is 3.14. The summed E-state index contributed by atoms with van der Waals surface area (Å²) in [6, 6.07) is 5.20. The van der Waals surface area contributed by atoms with E-state index >= 15 is 0 Å². The summed E-state index contributed by atoms with van der Waals surface area (Å²) < 4.78 is 0. The van der Waals surface area contributed by atoms with Gasteiger partial charge in [-0.05, 0) is 12.1 Å². The summed E-state index contributed by atoms with van der Waals surface area (Å²) in [6.07, 6.45) is 1.62. The summed E-state index contributed by atoms with van der Waals surface area (Å²) in [5, 5.41) is 9.81. The third-order valence-corrected chi connectivity index (χ3v) is 1.18. The summed E-state index contributed by atoms with van der Waals surface area (Å²) >= 11 is 0. The molecule has 4 nitrogen and oxygen atoms in total. The maximum absolute atomic E-state index is 10.5.